The zero-order chi connectivity index (χ0) is 9.68. The lowest BCUT2D eigenvalue weighted by molar-refractivity contribution is -0.121. The van der Waals surface area contributed by atoms with Crippen molar-refractivity contribution in [3.05, 3.63) is 0 Å². The number of amides is 1. The van der Waals surface area contributed by atoms with Crippen molar-refractivity contribution in [2.45, 2.75) is 56.9 Å². The summed E-state index contributed by atoms with van der Waals surface area (Å²) in [7, 11) is 0. The van der Waals surface area contributed by atoms with Gasteiger partial charge in [-0.05, 0) is 19.3 Å². The van der Waals surface area contributed by atoms with Gasteiger partial charge < -0.3 is 5.32 Å². The first-order valence-electron chi connectivity index (χ1n) is 5.18. The van der Waals surface area contributed by atoms with Crippen molar-refractivity contribution in [1.82, 2.24) is 5.32 Å². The molecule has 0 heterocycles. The van der Waals surface area contributed by atoms with Crippen LogP contribution in [-0.4, -0.2) is 17.3 Å². The van der Waals surface area contributed by atoms with Crippen LogP contribution in [0.4, 0.5) is 0 Å². The Morgan fingerprint density at radius 3 is 2.69 bits per heavy atom. The number of carbonyl (C=O) groups excluding carboxylic acids is 1. The third-order valence-corrected chi connectivity index (χ3v) is 2.94. The maximum Gasteiger partial charge on any atom is 0.238 e. The third-order valence-electron chi connectivity index (χ3n) is 2.53. The predicted octanol–water partition coefficient (Wildman–Crippen LogP) is 2.45. The molecule has 1 saturated carbocycles. The van der Waals surface area contributed by atoms with E-state index in [1.807, 2.05) is 6.92 Å². The molecule has 1 amide bonds. The molecule has 1 fully saturated rings. The zero-order valence-corrected chi connectivity index (χ0v) is 8.94. The molecule has 13 heavy (non-hydrogen) atoms. The molecule has 0 radical (unpaired) electrons. The van der Waals surface area contributed by atoms with E-state index in [4.69, 9.17) is 11.6 Å². The van der Waals surface area contributed by atoms with Gasteiger partial charge in [0.25, 0.3) is 0 Å². The van der Waals surface area contributed by atoms with E-state index in [0.29, 0.717) is 6.04 Å². The van der Waals surface area contributed by atoms with Crippen LogP contribution in [0.15, 0.2) is 0 Å². The number of alkyl halides is 1. The highest BCUT2D eigenvalue weighted by atomic mass is 35.5. The van der Waals surface area contributed by atoms with E-state index >= 15 is 0 Å². The van der Waals surface area contributed by atoms with Crippen LogP contribution < -0.4 is 5.32 Å². The van der Waals surface area contributed by atoms with Crippen LogP contribution in [0.1, 0.15) is 45.4 Å². The Hall–Kier alpha value is -0.240. The standard InChI is InChI=1S/C10H18ClNO/c1-2-5-9(11)10(13)12-8-6-3-4-7-8/h8-9H,2-7H2,1H3,(H,12,13). The minimum Gasteiger partial charge on any atom is -0.352 e. The fourth-order valence-corrected chi connectivity index (χ4v) is 2.03. The average molecular weight is 204 g/mol. The highest BCUT2D eigenvalue weighted by molar-refractivity contribution is 6.30. The quantitative estimate of drug-likeness (QED) is 0.699. The summed E-state index contributed by atoms with van der Waals surface area (Å²) in [5.74, 6) is 0.0235. The number of hydrogen-bond acceptors (Lipinski definition) is 1. The molecule has 0 aliphatic heterocycles. The van der Waals surface area contributed by atoms with Gasteiger partial charge in [0.2, 0.25) is 5.91 Å². The average Bonchev–Trinajstić information content (AvgIpc) is 2.57. The largest absolute Gasteiger partial charge is 0.352 e. The van der Waals surface area contributed by atoms with Crippen molar-refractivity contribution in [3.63, 3.8) is 0 Å². The SMILES string of the molecule is CCCC(Cl)C(=O)NC1CCCC1. The van der Waals surface area contributed by atoms with E-state index < -0.39 is 0 Å². The number of hydrogen-bond donors (Lipinski definition) is 1. The Morgan fingerprint density at radius 2 is 2.15 bits per heavy atom. The fourth-order valence-electron chi connectivity index (χ4n) is 1.75. The van der Waals surface area contributed by atoms with Crippen LogP contribution in [0.5, 0.6) is 0 Å². The zero-order valence-electron chi connectivity index (χ0n) is 8.18. The molecular weight excluding hydrogens is 186 g/mol. The maximum atomic E-state index is 11.4. The van der Waals surface area contributed by atoms with Gasteiger partial charge in [-0.2, -0.15) is 0 Å². The van der Waals surface area contributed by atoms with Gasteiger partial charge in [0, 0.05) is 6.04 Å². The van der Waals surface area contributed by atoms with Crippen LogP contribution in [0, 0.1) is 0 Å². The molecule has 1 aliphatic rings. The maximum absolute atomic E-state index is 11.4. The van der Waals surface area contributed by atoms with Gasteiger partial charge in [0.05, 0.1) is 0 Å². The summed E-state index contributed by atoms with van der Waals surface area (Å²) in [6, 6.07) is 0.394. The van der Waals surface area contributed by atoms with Gasteiger partial charge in [0.1, 0.15) is 5.38 Å². The predicted molar refractivity (Wildman–Crippen MR) is 54.9 cm³/mol. The Labute approximate surface area is 85.0 Å². The molecule has 1 unspecified atom stereocenters. The summed E-state index contributed by atoms with van der Waals surface area (Å²) >= 11 is 5.90. The minimum atomic E-state index is -0.328. The Bertz CT molecular complexity index is 166. The normalized spacial score (nSPS) is 20.2. The van der Waals surface area contributed by atoms with E-state index in [0.717, 1.165) is 25.7 Å². The van der Waals surface area contributed by atoms with Crippen LogP contribution >= 0.6 is 11.6 Å². The second-order valence-electron chi connectivity index (χ2n) is 3.75. The van der Waals surface area contributed by atoms with Crippen LogP contribution in [0.3, 0.4) is 0 Å². The Kier molecular flexibility index (Phi) is 4.57. The summed E-state index contributed by atoms with van der Waals surface area (Å²) in [6.45, 7) is 2.04. The number of rotatable bonds is 4. The highest BCUT2D eigenvalue weighted by Crippen LogP contribution is 2.18. The summed E-state index contributed by atoms with van der Waals surface area (Å²) in [5, 5.41) is 2.66. The van der Waals surface area contributed by atoms with Crippen molar-refractivity contribution in [2.24, 2.45) is 0 Å². The summed E-state index contributed by atoms with van der Waals surface area (Å²) in [4.78, 5) is 11.4. The number of halogens is 1. The molecule has 0 aromatic rings. The molecule has 0 bridgehead atoms. The molecular formula is C10H18ClNO. The van der Waals surface area contributed by atoms with Crippen molar-refractivity contribution in [2.75, 3.05) is 0 Å². The lowest BCUT2D eigenvalue weighted by atomic mass is 10.2. The molecule has 1 aliphatic carbocycles. The lowest BCUT2D eigenvalue weighted by Gasteiger charge is -2.14. The van der Waals surface area contributed by atoms with Crippen molar-refractivity contribution < 1.29 is 4.79 Å². The lowest BCUT2D eigenvalue weighted by Crippen LogP contribution is -2.37. The molecule has 0 spiro atoms. The van der Waals surface area contributed by atoms with Gasteiger partial charge in [-0.15, -0.1) is 11.6 Å². The third kappa shape index (κ3) is 3.55. The second kappa shape index (κ2) is 5.48. The van der Waals surface area contributed by atoms with Gasteiger partial charge in [-0.3, -0.25) is 4.79 Å². The molecule has 2 nitrogen and oxygen atoms in total. The highest BCUT2D eigenvalue weighted by Gasteiger charge is 2.20. The first-order valence-corrected chi connectivity index (χ1v) is 5.62. The van der Waals surface area contributed by atoms with Crippen LogP contribution in [0.2, 0.25) is 0 Å². The summed E-state index contributed by atoms with van der Waals surface area (Å²) in [5.41, 5.74) is 0. The topological polar surface area (TPSA) is 29.1 Å². The van der Waals surface area contributed by atoms with Crippen LogP contribution in [-0.2, 0) is 4.79 Å². The number of nitrogens with one attached hydrogen (secondary N) is 1. The molecule has 0 aromatic heterocycles. The Balaban J connectivity index is 2.22. The molecule has 0 saturated heterocycles. The summed E-state index contributed by atoms with van der Waals surface area (Å²) < 4.78 is 0. The first kappa shape index (κ1) is 10.8. The summed E-state index contributed by atoms with van der Waals surface area (Å²) in [6.07, 6.45) is 6.48. The van der Waals surface area contributed by atoms with Crippen molar-refractivity contribution in [1.29, 1.82) is 0 Å². The number of carbonyl (C=O) groups is 1. The van der Waals surface area contributed by atoms with Crippen molar-refractivity contribution >= 4 is 17.5 Å². The second-order valence-corrected chi connectivity index (χ2v) is 4.27. The van der Waals surface area contributed by atoms with E-state index in [2.05, 4.69) is 5.32 Å². The monoisotopic (exact) mass is 203 g/mol. The van der Waals surface area contributed by atoms with E-state index in [9.17, 15) is 4.79 Å². The smallest absolute Gasteiger partial charge is 0.238 e. The van der Waals surface area contributed by atoms with Gasteiger partial charge >= 0.3 is 0 Å². The van der Waals surface area contributed by atoms with Gasteiger partial charge in [-0.1, -0.05) is 26.2 Å². The molecule has 1 rings (SSSR count). The van der Waals surface area contributed by atoms with Gasteiger partial charge in [0.15, 0.2) is 0 Å². The molecule has 76 valence electrons. The van der Waals surface area contributed by atoms with Crippen molar-refractivity contribution in [3.8, 4) is 0 Å². The molecule has 0 aromatic carbocycles. The van der Waals surface area contributed by atoms with E-state index in [1.165, 1.54) is 12.8 Å². The molecule has 3 heteroatoms. The Morgan fingerprint density at radius 1 is 1.54 bits per heavy atom. The molecule has 1 atom stereocenters. The first-order chi connectivity index (χ1) is 6.24. The fraction of sp³-hybridized carbons (Fsp3) is 0.900. The van der Waals surface area contributed by atoms with E-state index in [1.54, 1.807) is 0 Å². The molecule has 1 N–H and O–H groups in total. The van der Waals surface area contributed by atoms with Gasteiger partial charge in [-0.25, -0.2) is 0 Å². The minimum absolute atomic E-state index is 0.0235. The van der Waals surface area contributed by atoms with Crippen LogP contribution in [0.25, 0.3) is 0 Å². The van der Waals surface area contributed by atoms with E-state index in [-0.39, 0.29) is 11.3 Å².